The van der Waals surface area contributed by atoms with Gasteiger partial charge in [0.1, 0.15) is 34.3 Å². The van der Waals surface area contributed by atoms with E-state index in [-0.39, 0.29) is 85.4 Å². The van der Waals surface area contributed by atoms with Crippen LogP contribution in [0.5, 0.6) is 11.5 Å². The molecule has 570 valence electrons. The van der Waals surface area contributed by atoms with Gasteiger partial charge in [-0.1, -0.05) is 186 Å². The first-order chi connectivity index (χ1) is 51.6. The van der Waals surface area contributed by atoms with Crippen molar-refractivity contribution >= 4 is 136 Å². The van der Waals surface area contributed by atoms with Crippen LogP contribution in [0.15, 0.2) is 243 Å². The van der Waals surface area contributed by atoms with Crippen LogP contribution >= 0.6 is 71.0 Å². The van der Waals surface area contributed by atoms with Crippen molar-refractivity contribution in [2.24, 2.45) is 5.92 Å². The Morgan fingerprint density at radius 3 is 1.12 bits per heavy atom. The highest BCUT2D eigenvalue weighted by Crippen LogP contribution is 2.24. The normalized spacial score (nSPS) is 11.5. The minimum absolute atomic E-state index is 0.00810. The number of carbonyl (C=O) groups is 8. The van der Waals surface area contributed by atoms with Crippen molar-refractivity contribution in [3.05, 3.63) is 298 Å². The number of aliphatic hydroxyl groups excluding tert-OH is 3. The third kappa shape index (κ3) is 34.7. The average molecular weight is 1710 g/mol. The fraction of sp³-hybridized carbons (Fsp3) is 0.220. The van der Waals surface area contributed by atoms with Crippen LogP contribution in [0.1, 0.15) is 112 Å². The number of halogens is 5. The topological polar surface area (TPSA) is 312 Å². The predicted molar refractivity (Wildman–Crippen MR) is 438 cm³/mol. The van der Waals surface area contributed by atoms with Gasteiger partial charge in [-0.2, -0.15) is 0 Å². The highest BCUT2D eigenvalue weighted by Gasteiger charge is 2.20. The fourth-order valence-electron chi connectivity index (χ4n) is 8.53. The smallest absolute Gasteiger partial charge is 0.267 e. The second-order valence-corrected chi connectivity index (χ2v) is 28.0. The maximum atomic E-state index is 12.6. The van der Waals surface area contributed by atoms with E-state index in [0.29, 0.717) is 68.4 Å². The Hall–Kier alpha value is -10.0. The van der Waals surface area contributed by atoms with Crippen molar-refractivity contribution in [2.75, 3.05) is 59.7 Å². The molecule has 21 nitrogen and oxygen atoms in total. The van der Waals surface area contributed by atoms with Gasteiger partial charge in [-0.15, -0.1) is 0 Å². The molecule has 7 aromatic rings. The molecule has 0 aromatic heterocycles. The molecule has 0 fully saturated rings. The minimum Gasteiger partial charge on any atom is -0.497 e. The molecule has 0 aliphatic rings. The van der Waals surface area contributed by atoms with Gasteiger partial charge < -0.3 is 67.3 Å². The largest absolute Gasteiger partial charge is 0.497 e. The molecule has 7 rings (SSSR count). The zero-order chi connectivity index (χ0) is 79.6. The zero-order valence-corrected chi connectivity index (χ0v) is 67.0. The molecule has 0 heterocycles. The van der Waals surface area contributed by atoms with Crippen LogP contribution in [-0.2, 0) is 24.6 Å². The number of carbonyl (C=O) groups excluding carboxylic acids is 8. The number of hydrogen-bond donors (Lipinski definition) is 11. The summed E-state index contributed by atoms with van der Waals surface area (Å²) < 4.78 is 13.2. The summed E-state index contributed by atoms with van der Waals surface area (Å²) in [5.74, 6) is -1.68. The Morgan fingerprint density at radius 1 is 0.463 bits per heavy atom. The zero-order valence-electron chi connectivity index (χ0n) is 60.7. The first kappa shape index (κ1) is 90.4. The third-order valence-corrected chi connectivity index (χ3v) is 16.4. The summed E-state index contributed by atoms with van der Waals surface area (Å²) in [4.78, 5) is 99.3. The van der Waals surface area contributed by atoms with E-state index in [0.717, 1.165) is 36.5 Å². The molecule has 7 aromatic carbocycles. The molecule has 0 aliphatic heterocycles. The molecule has 108 heavy (non-hydrogen) atoms. The average Bonchev–Trinajstić information content (AvgIpc) is 0.850. The van der Waals surface area contributed by atoms with Crippen LogP contribution in [0.2, 0.25) is 10.0 Å². The summed E-state index contributed by atoms with van der Waals surface area (Å²) in [5.41, 5.74) is 5.45. The number of nitrogens with one attached hydrogen (secondary N) is 8. The van der Waals surface area contributed by atoms with Gasteiger partial charge >= 0.3 is 0 Å². The van der Waals surface area contributed by atoms with Gasteiger partial charge in [0.05, 0.1) is 33.5 Å². The monoisotopic (exact) mass is 1700 g/mol. The van der Waals surface area contributed by atoms with Crippen molar-refractivity contribution in [2.45, 2.75) is 53.4 Å². The Bertz CT molecular complexity index is 4300. The van der Waals surface area contributed by atoms with E-state index in [1.807, 2.05) is 43.3 Å². The molecular formula is C82H89Br3Cl2N8O13. The number of ether oxygens (including phenoxy) is 2. The van der Waals surface area contributed by atoms with Gasteiger partial charge in [0.25, 0.3) is 47.3 Å². The molecule has 0 saturated carbocycles. The molecule has 0 atom stereocenters. The van der Waals surface area contributed by atoms with E-state index in [2.05, 4.69) is 132 Å². The van der Waals surface area contributed by atoms with E-state index in [1.165, 1.54) is 13.2 Å². The Balaban J connectivity index is 0.000000305. The second-order valence-electron chi connectivity index (χ2n) is 24.4. The van der Waals surface area contributed by atoms with Gasteiger partial charge in [0.2, 0.25) is 0 Å². The van der Waals surface area contributed by atoms with Crippen molar-refractivity contribution in [1.29, 1.82) is 0 Å². The highest BCUT2D eigenvalue weighted by atomic mass is 79.9. The molecule has 0 bridgehead atoms. The van der Waals surface area contributed by atoms with Crippen LogP contribution < -0.4 is 52.0 Å². The number of methoxy groups -OCH3 is 1. The summed E-state index contributed by atoms with van der Waals surface area (Å²) >= 11 is 21.7. The maximum absolute atomic E-state index is 12.6. The lowest BCUT2D eigenvalue weighted by atomic mass is 9.87. The van der Waals surface area contributed by atoms with Crippen LogP contribution in [0.3, 0.4) is 0 Å². The predicted octanol–water partition coefficient (Wildman–Crippen LogP) is 13.7. The summed E-state index contributed by atoms with van der Waals surface area (Å²) in [6.45, 7) is 16.8. The highest BCUT2D eigenvalue weighted by molar-refractivity contribution is 9.12. The van der Waals surface area contributed by atoms with Crippen LogP contribution in [-0.4, -0.2) is 122 Å². The Morgan fingerprint density at radius 2 is 0.778 bits per heavy atom. The van der Waals surface area contributed by atoms with E-state index < -0.39 is 29.5 Å². The number of hydrogen-bond acceptors (Lipinski definition) is 13. The molecular weight excluding hydrogens is 1620 g/mol. The van der Waals surface area contributed by atoms with Gasteiger partial charge in [0.15, 0.2) is 0 Å². The van der Waals surface area contributed by atoms with E-state index in [4.69, 9.17) is 48.0 Å². The summed E-state index contributed by atoms with van der Waals surface area (Å²) in [5, 5.41) is 48.8. The number of aliphatic hydroxyl groups is 3. The van der Waals surface area contributed by atoms with Crippen LogP contribution in [0.4, 0.5) is 0 Å². The lowest BCUT2D eigenvalue weighted by molar-refractivity contribution is -0.118. The Labute approximate surface area is 665 Å². The van der Waals surface area contributed by atoms with Crippen molar-refractivity contribution in [1.82, 2.24) is 42.5 Å². The number of rotatable bonds is 30. The van der Waals surface area contributed by atoms with E-state index in [9.17, 15) is 38.4 Å². The Kier molecular flexibility index (Phi) is 41.0. The number of allylic oxidation sites excluding steroid dienone is 6. The van der Waals surface area contributed by atoms with Crippen molar-refractivity contribution < 1.29 is 63.1 Å². The molecule has 0 spiro atoms. The first-order valence-electron chi connectivity index (χ1n) is 33.8. The number of amides is 8. The fourth-order valence-corrected chi connectivity index (χ4v) is 9.46. The molecule has 0 saturated heterocycles. The molecule has 0 unspecified atom stereocenters. The summed E-state index contributed by atoms with van der Waals surface area (Å²) in [7, 11) is 1.53. The molecule has 8 amide bonds. The van der Waals surface area contributed by atoms with Crippen LogP contribution in [0.25, 0.3) is 18.2 Å². The number of benzene rings is 7. The van der Waals surface area contributed by atoms with Gasteiger partial charge in [-0.05, 0) is 192 Å². The summed E-state index contributed by atoms with van der Waals surface area (Å²) in [6.07, 6.45) is 13.7. The van der Waals surface area contributed by atoms with Gasteiger partial charge in [-0.25, -0.2) is 0 Å². The third-order valence-electron chi connectivity index (χ3n) is 14.2. The lowest BCUT2D eigenvalue weighted by Crippen LogP contribution is -2.36. The second kappa shape index (κ2) is 49.0. The van der Waals surface area contributed by atoms with Crippen molar-refractivity contribution in [3.63, 3.8) is 0 Å². The minimum atomic E-state index is -0.502. The molecule has 11 N–H and O–H groups in total. The van der Waals surface area contributed by atoms with Crippen LogP contribution in [0, 0.1) is 5.92 Å². The van der Waals surface area contributed by atoms with Gasteiger partial charge in [-0.3, -0.25) is 38.4 Å². The van der Waals surface area contributed by atoms with Crippen molar-refractivity contribution in [3.8, 4) is 11.5 Å². The molecule has 0 aliphatic carbocycles. The lowest BCUT2D eigenvalue weighted by Gasteiger charge is -2.19. The summed E-state index contributed by atoms with van der Waals surface area (Å²) in [6, 6.07) is 48.6. The molecule has 26 heteroatoms. The SMILES string of the molecule is C=C\C(Br)=C/C=C/C=C(\NC(=O)c1ccc(OC)cc1)C(=O)NCCO.CC(C)(C)c1ccc(C(=O)N/C(=C\c2ccc(Br)cc2)C(=O)NCCO)cc1.CC(C)COc1ccc(C(=O)N/C(=C\c2ccc(Cl)cc2)C(=O)NCCO)cc1.CCCNC(=O)/C(=C/c1ccc(Cl)cc1)NC(=O)c1ccc(Br)cc1. The quantitative estimate of drug-likeness (QED) is 0.0148. The van der Waals surface area contributed by atoms with E-state index >= 15 is 0 Å². The molecule has 0 radical (unpaired) electrons. The first-order valence-corrected chi connectivity index (χ1v) is 37.0. The maximum Gasteiger partial charge on any atom is 0.267 e. The van der Waals surface area contributed by atoms with E-state index in [1.54, 1.807) is 176 Å². The standard InChI is InChI=1S/C22H25BrN2O3.C22H25ClN2O4.C19H18BrClN2O2.C19H21BrN2O4/c1-22(2,3)17-8-6-16(7-9-17)20(27)25-19(21(28)24-12-13-26)14-15-4-10-18(23)11-5-15;1-15(2)14-29-19-9-5-17(6-10-19)21(27)25-20(22(28)24-11-12-26)13-16-3-7-18(23)8-4-16;1-2-11-22-19(25)17(12-13-3-9-16(21)10-4-13)23-18(24)14-5-7-15(20)8-6-14;1-3-15(20)6-4-5-7-17(19(25)21-12-13-23)22-18(24)14-8-10-16(26-2)11-9-14/h4-11,14,26H,12-13H2,1-3H3,(H,24,28)(H,25,27);3-10,13,15,26H,11-12,14H2,1-2H3,(H,24,28)(H,25,27);3-10,12H,2,11H2,1H3,(H,22,25)(H,23,24);3-11,23H,1,12-13H2,2H3,(H,21,25)(H,22,24)/b19-14-;20-13-;17-12-;5-4+,15-6+,17-7-. The van der Waals surface area contributed by atoms with Gasteiger partial charge in [0, 0.05) is 71.9 Å².